The average molecular weight is 327 g/mol. The number of hydrogen-bond acceptors (Lipinski definition) is 6. The van der Waals surface area contributed by atoms with Gasteiger partial charge in [0.05, 0.1) is 26.9 Å². The molecule has 2 atom stereocenters. The van der Waals surface area contributed by atoms with Gasteiger partial charge in [0.25, 0.3) is 0 Å². The van der Waals surface area contributed by atoms with Gasteiger partial charge in [-0.2, -0.15) is 0 Å². The minimum atomic E-state index is -1.17. The lowest BCUT2D eigenvalue weighted by molar-refractivity contribution is 0.0345. The second kappa shape index (κ2) is 8.03. The number of methoxy groups -OCH3 is 2. The van der Waals surface area contributed by atoms with Crippen LogP contribution in [0.15, 0.2) is 18.2 Å². The number of ether oxygens (including phenoxy) is 3. The number of rotatable bonds is 6. The van der Waals surface area contributed by atoms with Gasteiger partial charge in [-0.3, -0.25) is 0 Å². The summed E-state index contributed by atoms with van der Waals surface area (Å²) in [6.45, 7) is 4.71. The smallest absolute Gasteiger partial charge is 0.408 e. The molecule has 0 aliphatic rings. The van der Waals surface area contributed by atoms with Crippen LogP contribution in [0.3, 0.4) is 0 Å². The van der Waals surface area contributed by atoms with E-state index >= 15 is 0 Å². The van der Waals surface area contributed by atoms with Crippen molar-refractivity contribution in [1.29, 1.82) is 0 Å². The number of carbonyl (C=O) groups excluding carboxylic acids is 1. The van der Waals surface area contributed by atoms with Crippen molar-refractivity contribution in [3.05, 3.63) is 23.8 Å². The summed E-state index contributed by atoms with van der Waals surface area (Å²) in [5.41, 5.74) is -0.254. The Kier molecular flexibility index (Phi) is 6.65. The molecule has 0 bridgehead atoms. The molecule has 0 saturated carbocycles. The number of aliphatic hydroxyl groups is 2. The van der Waals surface area contributed by atoms with Crippen LogP contribution in [0, 0.1) is 0 Å². The molecule has 3 N–H and O–H groups in total. The van der Waals surface area contributed by atoms with Gasteiger partial charge in [-0.1, -0.05) is 0 Å². The van der Waals surface area contributed by atoms with Crippen LogP contribution in [0.2, 0.25) is 0 Å². The van der Waals surface area contributed by atoms with Crippen molar-refractivity contribution in [2.45, 2.75) is 38.5 Å². The summed E-state index contributed by atoms with van der Waals surface area (Å²) in [5, 5.41) is 22.4. The maximum absolute atomic E-state index is 11.8. The lowest BCUT2D eigenvalue weighted by Gasteiger charge is -2.26. The molecule has 0 spiro atoms. The molecule has 0 heterocycles. The molecule has 0 radical (unpaired) electrons. The maximum atomic E-state index is 11.8. The molecule has 1 aromatic rings. The summed E-state index contributed by atoms with van der Waals surface area (Å²) in [6, 6.07) is 3.94. The normalized spacial score (nSPS) is 13.9. The van der Waals surface area contributed by atoms with Gasteiger partial charge < -0.3 is 29.7 Å². The van der Waals surface area contributed by atoms with E-state index in [0.717, 1.165) is 0 Å². The third-order valence-electron chi connectivity index (χ3n) is 3.04. The molecule has 0 saturated heterocycles. The van der Waals surface area contributed by atoms with Crippen LogP contribution < -0.4 is 14.8 Å². The second-order valence-electron chi connectivity index (χ2n) is 5.99. The summed E-state index contributed by atoms with van der Waals surface area (Å²) >= 11 is 0. The Morgan fingerprint density at radius 2 is 1.91 bits per heavy atom. The first-order valence-corrected chi connectivity index (χ1v) is 7.22. The largest absolute Gasteiger partial charge is 0.497 e. The number of alkyl carbamates (subject to hydrolysis) is 1. The predicted molar refractivity (Wildman–Crippen MR) is 84.7 cm³/mol. The van der Waals surface area contributed by atoms with E-state index in [2.05, 4.69) is 5.32 Å². The average Bonchev–Trinajstić information content (AvgIpc) is 2.49. The van der Waals surface area contributed by atoms with Gasteiger partial charge in [-0.15, -0.1) is 0 Å². The molecule has 7 heteroatoms. The highest BCUT2D eigenvalue weighted by Crippen LogP contribution is 2.31. The number of carbonyl (C=O) groups is 1. The Labute approximate surface area is 136 Å². The van der Waals surface area contributed by atoms with E-state index in [1.165, 1.54) is 14.2 Å². The minimum Gasteiger partial charge on any atom is -0.497 e. The molecule has 1 aromatic carbocycles. The highest BCUT2D eigenvalue weighted by atomic mass is 16.6. The fourth-order valence-electron chi connectivity index (χ4n) is 1.96. The number of benzene rings is 1. The Morgan fingerprint density at radius 1 is 1.26 bits per heavy atom. The van der Waals surface area contributed by atoms with Crippen LogP contribution in [-0.4, -0.2) is 48.8 Å². The fraction of sp³-hybridized carbons (Fsp3) is 0.562. The summed E-state index contributed by atoms with van der Waals surface area (Å²) in [5.74, 6) is 0.958. The first-order valence-electron chi connectivity index (χ1n) is 7.22. The van der Waals surface area contributed by atoms with E-state index in [4.69, 9.17) is 14.2 Å². The molecule has 1 amide bonds. The number of aliphatic hydroxyl groups excluding tert-OH is 2. The van der Waals surface area contributed by atoms with Crippen molar-refractivity contribution in [2.24, 2.45) is 0 Å². The molecule has 23 heavy (non-hydrogen) atoms. The third-order valence-corrected chi connectivity index (χ3v) is 3.04. The van der Waals surface area contributed by atoms with Gasteiger partial charge in [0.15, 0.2) is 0 Å². The van der Waals surface area contributed by atoms with Crippen LogP contribution in [0.25, 0.3) is 0 Å². The number of hydrogen-bond donors (Lipinski definition) is 3. The molecule has 0 unspecified atom stereocenters. The van der Waals surface area contributed by atoms with Gasteiger partial charge in [0, 0.05) is 11.6 Å². The van der Waals surface area contributed by atoms with E-state index in [9.17, 15) is 15.0 Å². The van der Waals surface area contributed by atoms with Crippen molar-refractivity contribution >= 4 is 6.09 Å². The first-order chi connectivity index (χ1) is 10.7. The molecule has 0 aliphatic carbocycles. The van der Waals surface area contributed by atoms with Gasteiger partial charge in [0.1, 0.15) is 23.2 Å². The highest BCUT2D eigenvalue weighted by Gasteiger charge is 2.27. The highest BCUT2D eigenvalue weighted by molar-refractivity contribution is 5.68. The van der Waals surface area contributed by atoms with Crippen LogP contribution in [0.4, 0.5) is 4.79 Å². The first kappa shape index (κ1) is 19.1. The second-order valence-corrected chi connectivity index (χ2v) is 5.99. The lowest BCUT2D eigenvalue weighted by atomic mass is 10.0. The Hall–Kier alpha value is -1.99. The summed E-state index contributed by atoms with van der Waals surface area (Å²) < 4.78 is 15.4. The maximum Gasteiger partial charge on any atom is 0.408 e. The molecular weight excluding hydrogens is 302 g/mol. The van der Waals surface area contributed by atoms with Crippen LogP contribution in [0.1, 0.15) is 32.4 Å². The van der Waals surface area contributed by atoms with Gasteiger partial charge in [0.2, 0.25) is 0 Å². The fourth-order valence-corrected chi connectivity index (χ4v) is 1.96. The summed E-state index contributed by atoms with van der Waals surface area (Å²) in [7, 11) is 2.98. The van der Waals surface area contributed by atoms with Crippen LogP contribution in [-0.2, 0) is 4.74 Å². The Bertz CT molecular complexity index is 526. The third kappa shape index (κ3) is 5.61. The zero-order chi connectivity index (χ0) is 17.6. The summed E-state index contributed by atoms with van der Waals surface area (Å²) in [6.07, 6.45) is -1.89. The predicted octanol–water partition coefficient (Wildman–Crippen LogP) is 1.62. The Morgan fingerprint density at radius 3 is 2.39 bits per heavy atom. The standard InChI is InChI=1S/C16H25NO6/c1-16(2,3)23-15(20)17-12(9-18)14(19)11-7-6-10(21-4)8-13(11)22-5/h6-8,12,14,18-19H,9H2,1-5H3,(H,17,20)/t12-,14-/m1/s1. The molecule has 7 nitrogen and oxygen atoms in total. The van der Waals surface area contributed by atoms with E-state index in [0.29, 0.717) is 17.1 Å². The quantitative estimate of drug-likeness (QED) is 0.735. The number of amides is 1. The molecule has 0 fully saturated rings. The van der Waals surface area contributed by atoms with E-state index in [1.54, 1.807) is 39.0 Å². The molecule has 0 aliphatic heterocycles. The SMILES string of the molecule is COc1ccc([C@@H](O)[C@@H](CO)NC(=O)OC(C)(C)C)c(OC)c1. The van der Waals surface area contributed by atoms with E-state index in [1.807, 2.05) is 0 Å². The summed E-state index contributed by atoms with van der Waals surface area (Å²) in [4.78, 5) is 11.8. The monoisotopic (exact) mass is 327 g/mol. The van der Waals surface area contributed by atoms with Crippen molar-refractivity contribution in [2.75, 3.05) is 20.8 Å². The zero-order valence-electron chi connectivity index (χ0n) is 14.1. The van der Waals surface area contributed by atoms with Crippen molar-refractivity contribution in [3.8, 4) is 11.5 Å². The number of nitrogens with one attached hydrogen (secondary N) is 1. The Balaban J connectivity index is 2.92. The zero-order valence-corrected chi connectivity index (χ0v) is 14.1. The molecular formula is C16H25NO6. The molecule has 1 rings (SSSR count). The van der Waals surface area contributed by atoms with Crippen molar-refractivity contribution < 1.29 is 29.2 Å². The van der Waals surface area contributed by atoms with Crippen LogP contribution >= 0.6 is 0 Å². The lowest BCUT2D eigenvalue weighted by Crippen LogP contribution is -2.44. The molecule has 0 aromatic heterocycles. The van der Waals surface area contributed by atoms with Crippen molar-refractivity contribution in [3.63, 3.8) is 0 Å². The van der Waals surface area contributed by atoms with Gasteiger partial charge in [-0.25, -0.2) is 4.79 Å². The minimum absolute atomic E-state index is 0.390. The van der Waals surface area contributed by atoms with Crippen molar-refractivity contribution in [1.82, 2.24) is 5.32 Å². The molecule has 130 valence electrons. The van der Waals surface area contributed by atoms with Crippen LogP contribution in [0.5, 0.6) is 11.5 Å². The van der Waals surface area contributed by atoms with E-state index in [-0.39, 0.29) is 0 Å². The van der Waals surface area contributed by atoms with Gasteiger partial charge in [-0.05, 0) is 32.9 Å². The van der Waals surface area contributed by atoms with E-state index < -0.39 is 30.4 Å². The van der Waals surface area contributed by atoms with Gasteiger partial charge >= 0.3 is 6.09 Å². The topological polar surface area (TPSA) is 97.2 Å².